The summed E-state index contributed by atoms with van der Waals surface area (Å²) in [6, 6.07) is 13.4. The largest absolute Gasteiger partial charge is 0.361 e. The third-order valence-electron chi connectivity index (χ3n) is 3.77. The lowest BCUT2D eigenvalue weighted by atomic mass is 10.1. The van der Waals surface area contributed by atoms with E-state index in [2.05, 4.69) is 21.2 Å². The van der Waals surface area contributed by atoms with Gasteiger partial charge in [-0.1, -0.05) is 35.9 Å². The first-order valence-electron chi connectivity index (χ1n) is 7.70. The van der Waals surface area contributed by atoms with Gasteiger partial charge in [0.25, 0.3) is 0 Å². The van der Waals surface area contributed by atoms with Crippen molar-refractivity contribution in [3.63, 3.8) is 0 Å². The topological polar surface area (TPSA) is 68.9 Å². The number of amides is 1. The van der Waals surface area contributed by atoms with E-state index >= 15 is 0 Å². The zero-order valence-corrected chi connectivity index (χ0v) is 15.1. The van der Waals surface area contributed by atoms with Gasteiger partial charge in [-0.25, -0.2) is 0 Å². The Labute approximate surface area is 155 Å². The fourth-order valence-electron chi connectivity index (χ4n) is 2.45. The van der Waals surface area contributed by atoms with Gasteiger partial charge in [-0.2, -0.15) is 0 Å². The summed E-state index contributed by atoms with van der Waals surface area (Å²) in [6.45, 7) is 1.92. The van der Waals surface area contributed by atoms with Crippen LogP contribution in [-0.2, 0) is 11.2 Å². The van der Waals surface area contributed by atoms with Crippen LogP contribution >= 0.6 is 23.8 Å². The first-order valence-corrected chi connectivity index (χ1v) is 8.48. The van der Waals surface area contributed by atoms with Crippen LogP contribution in [0.2, 0.25) is 5.02 Å². The first kappa shape index (κ1) is 17.3. The second-order valence-corrected chi connectivity index (χ2v) is 6.44. The van der Waals surface area contributed by atoms with Gasteiger partial charge < -0.3 is 10.3 Å². The molecule has 3 aromatic rings. The summed E-state index contributed by atoms with van der Waals surface area (Å²) in [4.78, 5) is 15.3. The van der Waals surface area contributed by atoms with Crippen LogP contribution in [0.4, 0.5) is 5.69 Å². The first-order chi connectivity index (χ1) is 12.0. The number of anilines is 1. The predicted molar refractivity (Wildman–Crippen MR) is 106 cm³/mol. The molecule has 5 nitrogen and oxygen atoms in total. The molecule has 0 saturated heterocycles. The van der Waals surface area contributed by atoms with Crippen molar-refractivity contribution < 1.29 is 4.79 Å². The molecule has 0 aliphatic heterocycles. The molecule has 0 atom stereocenters. The highest BCUT2D eigenvalue weighted by molar-refractivity contribution is 7.80. The number of hydrogen-bond donors (Lipinski definition) is 4. The van der Waals surface area contributed by atoms with E-state index in [9.17, 15) is 4.79 Å². The number of rotatable bonds is 3. The SMILES string of the molecule is Cc1ccc(NC(=S)NNC(=O)Cc2c[nH]c3ccccc23)cc1Cl. The number of nitrogens with one attached hydrogen (secondary N) is 4. The van der Waals surface area contributed by atoms with Gasteiger partial charge in [-0.15, -0.1) is 0 Å². The second kappa shape index (κ2) is 7.55. The summed E-state index contributed by atoms with van der Waals surface area (Å²) < 4.78 is 0. The van der Waals surface area contributed by atoms with Crippen LogP contribution in [-0.4, -0.2) is 16.0 Å². The number of carbonyl (C=O) groups is 1. The lowest BCUT2D eigenvalue weighted by Crippen LogP contribution is -2.44. The maximum absolute atomic E-state index is 12.1. The van der Waals surface area contributed by atoms with Gasteiger partial charge in [0.1, 0.15) is 0 Å². The zero-order valence-electron chi connectivity index (χ0n) is 13.5. The summed E-state index contributed by atoms with van der Waals surface area (Å²) in [5.41, 5.74) is 8.95. The highest BCUT2D eigenvalue weighted by Crippen LogP contribution is 2.20. The van der Waals surface area contributed by atoms with Gasteiger partial charge >= 0.3 is 0 Å². The summed E-state index contributed by atoms with van der Waals surface area (Å²) in [6.07, 6.45) is 2.09. The Bertz CT molecular complexity index is 938. The van der Waals surface area contributed by atoms with Crippen LogP contribution in [0.5, 0.6) is 0 Å². The minimum Gasteiger partial charge on any atom is -0.361 e. The molecule has 0 aliphatic carbocycles. The lowest BCUT2D eigenvalue weighted by molar-refractivity contribution is -0.120. The third kappa shape index (κ3) is 4.29. The van der Waals surface area contributed by atoms with Crippen molar-refractivity contribution in [1.29, 1.82) is 0 Å². The van der Waals surface area contributed by atoms with Gasteiger partial charge in [0.15, 0.2) is 5.11 Å². The fourth-order valence-corrected chi connectivity index (χ4v) is 2.80. The van der Waals surface area contributed by atoms with E-state index in [0.717, 1.165) is 27.7 Å². The van der Waals surface area contributed by atoms with Crippen molar-refractivity contribution in [2.75, 3.05) is 5.32 Å². The number of fused-ring (bicyclic) bond motifs is 1. The van der Waals surface area contributed by atoms with Crippen LogP contribution < -0.4 is 16.2 Å². The van der Waals surface area contributed by atoms with E-state index in [1.54, 1.807) is 6.07 Å². The number of H-pyrrole nitrogens is 1. The number of benzene rings is 2. The summed E-state index contributed by atoms with van der Waals surface area (Å²) in [7, 11) is 0. The number of hydrazine groups is 1. The number of aromatic amines is 1. The number of aromatic nitrogens is 1. The molecule has 4 N–H and O–H groups in total. The Kier molecular flexibility index (Phi) is 5.21. The molecule has 0 spiro atoms. The van der Waals surface area contributed by atoms with E-state index in [1.165, 1.54) is 0 Å². The molecule has 1 aromatic heterocycles. The minimum atomic E-state index is -0.184. The van der Waals surface area contributed by atoms with Crippen LogP contribution in [0.3, 0.4) is 0 Å². The highest BCUT2D eigenvalue weighted by atomic mass is 35.5. The smallest absolute Gasteiger partial charge is 0.242 e. The van der Waals surface area contributed by atoms with Crippen molar-refractivity contribution in [2.24, 2.45) is 0 Å². The summed E-state index contributed by atoms with van der Waals surface area (Å²) in [5.74, 6) is -0.184. The Hall–Kier alpha value is -2.57. The fraction of sp³-hybridized carbons (Fsp3) is 0.111. The number of thiocarbonyl (C=S) groups is 1. The van der Waals surface area contributed by atoms with E-state index in [0.29, 0.717) is 5.02 Å². The lowest BCUT2D eigenvalue weighted by Gasteiger charge is -2.12. The quantitative estimate of drug-likeness (QED) is 0.418. The summed E-state index contributed by atoms with van der Waals surface area (Å²) >= 11 is 11.2. The van der Waals surface area contributed by atoms with Crippen LogP contribution in [0.25, 0.3) is 10.9 Å². The molecule has 0 radical (unpaired) electrons. The van der Waals surface area contributed by atoms with E-state index in [1.807, 2.05) is 49.5 Å². The normalized spacial score (nSPS) is 10.5. The van der Waals surface area contributed by atoms with Crippen molar-refractivity contribution in [2.45, 2.75) is 13.3 Å². The number of aryl methyl sites for hydroxylation is 1. The Morgan fingerprint density at radius 3 is 2.80 bits per heavy atom. The van der Waals surface area contributed by atoms with Crippen LogP contribution in [0.1, 0.15) is 11.1 Å². The molecule has 2 aromatic carbocycles. The second-order valence-electron chi connectivity index (χ2n) is 5.63. The average Bonchev–Trinajstić information content (AvgIpc) is 2.99. The molecule has 1 heterocycles. The van der Waals surface area contributed by atoms with E-state index in [-0.39, 0.29) is 17.4 Å². The van der Waals surface area contributed by atoms with Crippen LogP contribution in [0, 0.1) is 6.92 Å². The highest BCUT2D eigenvalue weighted by Gasteiger charge is 2.09. The molecule has 0 saturated carbocycles. The van der Waals surface area contributed by atoms with Crippen molar-refractivity contribution in [3.05, 3.63) is 64.8 Å². The average molecular weight is 373 g/mol. The van der Waals surface area contributed by atoms with Crippen molar-refractivity contribution in [3.8, 4) is 0 Å². The Balaban J connectivity index is 1.53. The van der Waals surface area contributed by atoms with Gasteiger partial charge in [0.2, 0.25) is 5.91 Å². The van der Waals surface area contributed by atoms with Gasteiger partial charge in [0, 0.05) is 27.8 Å². The molecule has 0 unspecified atom stereocenters. The van der Waals surface area contributed by atoms with Gasteiger partial charge in [0.05, 0.1) is 6.42 Å². The molecule has 0 aliphatic rings. The molecule has 128 valence electrons. The molecule has 0 fully saturated rings. The third-order valence-corrected chi connectivity index (χ3v) is 4.38. The van der Waals surface area contributed by atoms with Crippen molar-refractivity contribution >= 4 is 51.4 Å². The maximum Gasteiger partial charge on any atom is 0.242 e. The maximum atomic E-state index is 12.1. The van der Waals surface area contributed by atoms with E-state index in [4.69, 9.17) is 23.8 Å². The molecular formula is C18H17ClN4OS. The molecule has 25 heavy (non-hydrogen) atoms. The van der Waals surface area contributed by atoms with Crippen LogP contribution in [0.15, 0.2) is 48.7 Å². The van der Waals surface area contributed by atoms with E-state index < -0.39 is 0 Å². The number of para-hydroxylation sites is 1. The number of carbonyl (C=O) groups excluding carboxylic acids is 1. The minimum absolute atomic E-state index is 0.184. The number of halogens is 1. The van der Waals surface area contributed by atoms with Gasteiger partial charge in [-0.05, 0) is 48.5 Å². The monoisotopic (exact) mass is 372 g/mol. The Morgan fingerprint density at radius 2 is 2.00 bits per heavy atom. The number of hydrogen-bond acceptors (Lipinski definition) is 2. The Morgan fingerprint density at radius 1 is 1.20 bits per heavy atom. The zero-order chi connectivity index (χ0) is 17.8. The molecule has 0 bridgehead atoms. The molecule has 3 rings (SSSR count). The molecule has 1 amide bonds. The molecule has 7 heteroatoms. The summed E-state index contributed by atoms with van der Waals surface area (Å²) in [5, 5.41) is 4.94. The standard InChI is InChI=1S/C18H17ClN4OS/c1-11-6-7-13(9-15(11)19)21-18(25)23-22-17(24)8-12-10-20-16-5-3-2-4-14(12)16/h2-7,9-10,20H,8H2,1H3,(H,22,24)(H2,21,23,25). The van der Waals surface area contributed by atoms with Gasteiger partial charge in [-0.3, -0.25) is 15.6 Å². The predicted octanol–water partition coefficient (Wildman–Crippen LogP) is 3.69. The molecular weight excluding hydrogens is 356 g/mol. The van der Waals surface area contributed by atoms with Crippen molar-refractivity contribution in [1.82, 2.24) is 15.8 Å².